The minimum atomic E-state index is -0.466. The normalized spacial score (nSPS) is 15.6. The maximum Gasteiger partial charge on any atom is 0.255 e. The van der Waals surface area contributed by atoms with Gasteiger partial charge in [0.1, 0.15) is 18.1 Å². The van der Waals surface area contributed by atoms with Crippen LogP contribution in [0.25, 0.3) is 0 Å². The topological polar surface area (TPSA) is 81.1 Å². The fourth-order valence-corrected chi connectivity index (χ4v) is 3.51. The smallest absolute Gasteiger partial charge is 0.255 e. The van der Waals surface area contributed by atoms with Crippen LogP contribution in [-0.2, 0) is 4.79 Å². The molecule has 0 saturated carbocycles. The van der Waals surface area contributed by atoms with Crippen molar-refractivity contribution in [3.63, 3.8) is 0 Å². The van der Waals surface area contributed by atoms with Crippen LogP contribution >= 0.6 is 11.6 Å². The minimum Gasteiger partial charge on any atom is -0.495 e. The largest absolute Gasteiger partial charge is 0.495 e. The summed E-state index contributed by atoms with van der Waals surface area (Å²) in [5, 5.41) is 11.0. The Hall–Kier alpha value is -3.32. The molecule has 2 aromatic carbocycles. The standard InChI is InChI=1S/C20H18ClN5O2/c1-12-17(19(27)25-15-8-3-4-9-16(15)28-2)18(13-6-5-7-14(21)10-13)26-20(24-12)22-11-23-26/h3-11,18H,1-2H3,(H,25,27)(H,22,23,24). The third-order valence-electron chi connectivity index (χ3n) is 4.56. The highest BCUT2D eigenvalue weighted by Crippen LogP contribution is 2.36. The first kappa shape index (κ1) is 18.1. The fraction of sp³-hybridized carbons (Fsp3) is 0.150. The number of fused-ring (bicyclic) bond motifs is 1. The van der Waals surface area contributed by atoms with E-state index in [-0.39, 0.29) is 5.91 Å². The second kappa shape index (κ2) is 7.36. The molecule has 1 aromatic heterocycles. The van der Waals surface area contributed by atoms with Gasteiger partial charge in [-0.05, 0) is 36.8 Å². The van der Waals surface area contributed by atoms with Crippen molar-refractivity contribution in [2.24, 2.45) is 0 Å². The number of carbonyl (C=O) groups excluding carboxylic acids is 1. The van der Waals surface area contributed by atoms with Crippen LogP contribution in [0, 0.1) is 0 Å². The van der Waals surface area contributed by atoms with Crippen molar-refractivity contribution in [2.75, 3.05) is 17.7 Å². The van der Waals surface area contributed by atoms with Gasteiger partial charge in [0.2, 0.25) is 5.95 Å². The summed E-state index contributed by atoms with van der Waals surface area (Å²) >= 11 is 6.20. The third kappa shape index (κ3) is 3.20. The van der Waals surface area contributed by atoms with E-state index in [1.165, 1.54) is 6.33 Å². The van der Waals surface area contributed by atoms with Crippen LogP contribution in [0.5, 0.6) is 5.75 Å². The Morgan fingerprint density at radius 3 is 2.86 bits per heavy atom. The number of anilines is 2. The molecule has 4 rings (SSSR count). The van der Waals surface area contributed by atoms with E-state index < -0.39 is 6.04 Å². The first-order valence-corrected chi connectivity index (χ1v) is 9.03. The van der Waals surface area contributed by atoms with Gasteiger partial charge in [0, 0.05) is 10.7 Å². The molecule has 2 N–H and O–H groups in total. The van der Waals surface area contributed by atoms with Crippen LogP contribution in [-0.4, -0.2) is 27.8 Å². The molecule has 0 aliphatic carbocycles. The van der Waals surface area contributed by atoms with E-state index in [9.17, 15) is 4.79 Å². The zero-order chi connectivity index (χ0) is 19.7. The van der Waals surface area contributed by atoms with Gasteiger partial charge < -0.3 is 15.4 Å². The third-order valence-corrected chi connectivity index (χ3v) is 4.79. The molecule has 0 spiro atoms. The number of nitrogens with zero attached hydrogens (tertiary/aromatic N) is 3. The summed E-state index contributed by atoms with van der Waals surface area (Å²) in [6.45, 7) is 1.84. The van der Waals surface area contributed by atoms with Gasteiger partial charge in [-0.15, -0.1) is 0 Å². The molecule has 8 heteroatoms. The van der Waals surface area contributed by atoms with E-state index in [4.69, 9.17) is 16.3 Å². The first-order chi connectivity index (χ1) is 13.6. The van der Waals surface area contributed by atoms with Crippen LogP contribution in [0.2, 0.25) is 5.02 Å². The van der Waals surface area contributed by atoms with Crippen LogP contribution in [0.1, 0.15) is 18.5 Å². The molecule has 1 aliphatic heterocycles. The molecule has 1 amide bonds. The predicted molar refractivity (Wildman–Crippen MR) is 108 cm³/mol. The van der Waals surface area contributed by atoms with Gasteiger partial charge in [-0.1, -0.05) is 35.9 Å². The summed E-state index contributed by atoms with van der Waals surface area (Å²) in [4.78, 5) is 17.5. The summed E-state index contributed by atoms with van der Waals surface area (Å²) in [7, 11) is 1.56. The number of methoxy groups -OCH3 is 1. The van der Waals surface area contributed by atoms with E-state index in [0.717, 1.165) is 5.56 Å². The molecule has 142 valence electrons. The van der Waals surface area contributed by atoms with Gasteiger partial charge >= 0.3 is 0 Å². The van der Waals surface area contributed by atoms with Crippen molar-refractivity contribution in [2.45, 2.75) is 13.0 Å². The lowest BCUT2D eigenvalue weighted by atomic mass is 9.95. The van der Waals surface area contributed by atoms with Crippen LogP contribution in [0.3, 0.4) is 0 Å². The highest BCUT2D eigenvalue weighted by molar-refractivity contribution is 6.30. The lowest BCUT2D eigenvalue weighted by Gasteiger charge is -2.29. The Morgan fingerprint density at radius 1 is 1.25 bits per heavy atom. The maximum atomic E-state index is 13.3. The molecule has 0 bridgehead atoms. The van der Waals surface area contributed by atoms with Crippen LogP contribution in [0.4, 0.5) is 11.6 Å². The Balaban J connectivity index is 1.77. The van der Waals surface area contributed by atoms with Gasteiger partial charge in [0.15, 0.2) is 0 Å². The number of nitrogens with one attached hydrogen (secondary N) is 2. The molecule has 2 heterocycles. The van der Waals surface area contributed by atoms with E-state index >= 15 is 0 Å². The Labute approximate surface area is 167 Å². The zero-order valence-corrected chi connectivity index (χ0v) is 16.1. The average molecular weight is 396 g/mol. The van der Waals surface area contributed by atoms with Crippen molar-refractivity contribution in [3.05, 3.63) is 76.7 Å². The molecule has 1 aliphatic rings. The number of para-hydroxylation sites is 2. The lowest BCUT2D eigenvalue weighted by Crippen LogP contribution is -2.31. The monoisotopic (exact) mass is 395 g/mol. The molecule has 0 fully saturated rings. The number of hydrogen-bond acceptors (Lipinski definition) is 5. The van der Waals surface area contributed by atoms with E-state index in [2.05, 4.69) is 20.7 Å². The number of amides is 1. The molecule has 28 heavy (non-hydrogen) atoms. The Bertz CT molecular complexity index is 1080. The Morgan fingerprint density at radius 2 is 2.07 bits per heavy atom. The number of allylic oxidation sites excluding steroid dienone is 1. The van der Waals surface area contributed by atoms with E-state index in [1.54, 1.807) is 30.0 Å². The number of aromatic nitrogens is 3. The quantitative estimate of drug-likeness (QED) is 0.700. The van der Waals surface area contributed by atoms with Crippen LogP contribution in [0.15, 0.2) is 66.1 Å². The molecule has 0 saturated heterocycles. The molecule has 7 nitrogen and oxygen atoms in total. The first-order valence-electron chi connectivity index (χ1n) is 8.65. The minimum absolute atomic E-state index is 0.263. The number of carbonyl (C=O) groups is 1. The number of rotatable bonds is 4. The molecule has 3 aromatic rings. The lowest BCUT2D eigenvalue weighted by molar-refractivity contribution is -0.113. The van der Waals surface area contributed by atoms with Crippen molar-refractivity contribution in [1.82, 2.24) is 14.8 Å². The zero-order valence-electron chi connectivity index (χ0n) is 15.3. The predicted octanol–water partition coefficient (Wildman–Crippen LogP) is 3.87. The fourth-order valence-electron chi connectivity index (χ4n) is 3.31. The van der Waals surface area contributed by atoms with Crippen molar-refractivity contribution < 1.29 is 9.53 Å². The maximum absolute atomic E-state index is 13.3. The molecular weight excluding hydrogens is 378 g/mol. The number of benzene rings is 2. The van der Waals surface area contributed by atoms with Gasteiger partial charge in [-0.25, -0.2) is 4.68 Å². The van der Waals surface area contributed by atoms with E-state index in [0.29, 0.717) is 33.7 Å². The van der Waals surface area contributed by atoms with Crippen molar-refractivity contribution in [3.8, 4) is 5.75 Å². The van der Waals surface area contributed by atoms with Gasteiger partial charge in [-0.3, -0.25) is 4.79 Å². The van der Waals surface area contributed by atoms with E-state index in [1.807, 2.05) is 37.3 Å². The second-order valence-electron chi connectivity index (χ2n) is 6.30. The van der Waals surface area contributed by atoms with Crippen LogP contribution < -0.4 is 15.4 Å². The SMILES string of the molecule is COc1ccccc1NC(=O)C1=C(C)Nc2ncnn2C1c1cccc(Cl)c1. The Kier molecular flexibility index (Phi) is 4.75. The highest BCUT2D eigenvalue weighted by atomic mass is 35.5. The second-order valence-corrected chi connectivity index (χ2v) is 6.74. The molecule has 1 atom stereocenters. The number of hydrogen-bond donors (Lipinski definition) is 2. The summed E-state index contributed by atoms with van der Waals surface area (Å²) in [6.07, 6.45) is 1.45. The van der Waals surface area contributed by atoms with Crippen molar-refractivity contribution >= 4 is 29.1 Å². The number of ether oxygens (including phenoxy) is 1. The van der Waals surface area contributed by atoms with Gasteiger partial charge in [-0.2, -0.15) is 10.1 Å². The summed E-state index contributed by atoms with van der Waals surface area (Å²) in [5.41, 5.74) is 2.64. The molecule has 1 unspecified atom stereocenters. The summed E-state index contributed by atoms with van der Waals surface area (Å²) in [5.74, 6) is 0.885. The van der Waals surface area contributed by atoms with Gasteiger partial charge in [0.25, 0.3) is 5.91 Å². The summed E-state index contributed by atoms with van der Waals surface area (Å²) < 4.78 is 7.02. The number of halogens is 1. The summed E-state index contributed by atoms with van der Waals surface area (Å²) in [6, 6.07) is 14.2. The van der Waals surface area contributed by atoms with Gasteiger partial charge in [0.05, 0.1) is 18.4 Å². The molecule has 0 radical (unpaired) electrons. The van der Waals surface area contributed by atoms with Crippen molar-refractivity contribution in [1.29, 1.82) is 0 Å². The molecular formula is C20H18ClN5O2. The highest BCUT2D eigenvalue weighted by Gasteiger charge is 2.33. The average Bonchev–Trinajstić information content (AvgIpc) is 3.15.